The lowest BCUT2D eigenvalue weighted by Crippen LogP contribution is -2.39. The smallest absolute Gasteiger partial charge is 0.157 e. The van der Waals surface area contributed by atoms with Crippen LogP contribution >= 0.6 is 0 Å². The molecule has 1 aliphatic heterocycles. The lowest BCUT2D eigenvalue weighted by atomic mass is 9.99. The van der Waals surface area contributed by atoms with Gasteiger partial charge in [-0.3, -0.25) is 0 Å². The summed E-state index contributed by atoms with van der Waals surface area (Å²) in [6.07, 6.45) is 5.39. The van der Waals surface area contributed by atoms with Gasteiger partial charge in [0.15, 0.2) is 5.65 Å². The van der Waals surface area contributed by atoms with Gasteiger partial charge >= 0.3 is 0 Å². The molecule has 0 spiro atoms. The zero-order chi connectivity index (χ0) is 14.7. The quantitative estimate of drug-likeness (QED) is 0.916. The van der Waals surface area contributed by atoms with Crippen LogP contribution in [-0.4, -0.2) is 40.8 Å². The fourth-order valence-electron chi connectivity index (χ4n) is 3.22. The van der Waals surface area contributed by atoms with E-state index in [2.05, 4.69) is 46.3 Å². The second-order valence-electron chi connectivity index (χ2n) is 6.08. The lowest BCUT2D eigenvalue weighted by Gasteiger charge is -2.31. The van der Waals surface area contributed by atoms with Crippen molar-refractivity contribution in [2.24, 2.45) is 5.92 Å². The maximum absolute atomic E-state index is 4.40. The second-order valence-corrected chi connectivity index (χ2v) is 6.08. The minimum absolute atomic E-state index is 0.726. The summed E-state index contributed by atoms with van der Waals surface area (Å²) in [5.41, 5.74) is 2.18. The molecule has 1 saturated heterocycles. The van der Waals surface area contributed by atoms with Crippen molar-refractivity contribution in [3.8, 4) is 0 Å². The zero-order valence-electron chi connectivity index (χ0n) is 13.0. The molecule has 5 heteroatoms. The third-order valence-corrected chi connectivity index (χ3v) is 4.20. The summed E-state index contributed by atoms with van der Waals surface area (Å²) in [5, 5.41) is 7.92. The number of anilines is 1. The summed E-state index contributed by atoms with van der Waals surface area (Å²) in [6, 6.07) is 4.32. The van der Waals surface area contributed by atoms with Crippen molar-refractivity contribution in [1.29, 1.82) is 0 Å². The molecule has 1 fully saturated rings. The molecule has 0 saturated carbocycles. The first-order chi connectivity index (χ1) is 10.3. The third-order valence-electron chi connectivity index (χ3n) is 4.20. The van der Waals surface area contributed by atoms with Crippen LogP contribution < -0.4 is 10.2 Å². The van der Waals surface area contributed by atoms with E-state index in [0.29, 0.717) is 0 Å². The highest BCUT2D eigenvalue weighted by Gasteiger charge is 2.19. The number of hydrogen-bond donors (Lipinski definition) is 1. The number of hydrogen-bond acceptors (Lipinski definition) is 4. The molecule has 1 atom stereocenters. The highest BCUT2D eigenvalue weighted by atomic mass is 15.4. The van der Waals surface area contributed by atoms with Crippen LogP contribution in [0.3, 0.4) is 0 Å². The van der Waals surface area contributed by atoms with Gasteiger partial charge in [0, 0.05) is 13.1 Å². The number of pyridine rings is 1. The van der Waals surface area contributed by atoms with E-state index in [1.165, 1.54) is 30.8 Å². The third kappa shape index (κ3) is 3.18. The number of piperidine rings is 1. The Hall–Kier alpha value is -1.62. The minimum atomic E-state index is 0.726. The van der Waals surface area contributed by atoms with Gasteiger partial charge in [0.1, 0.15) is 12.1 Å². The van der Waals surface area contributed by atoms with Gasteiger partial charge in [-0.25, -0.2) is 4.98 Å². The average molecular weight is 287 g/mol. The fourth-order valence-corrected chi connectivity index (χ4v) is 3.22. The summed E-state index contributed by atoms with van der Waals surface area (Å²) < 4.78 is 1.97. The molecule has 114 valence electrons. The molecule has 3 rings (SSSR count). The van der Waals surface area contributed by atoms with Crippen molar-refractivity contribution < 1.29 is 0 Å². The first kappa shape index (κ1) is 14.3. The van der Waals surface area contributed by atoms with Crippen LogP contribution in [0.5, 0.6) is 0 Å². The predicted octanol–water partition coefficient (Wildman–Crippen LogP) is 2.25. The molecule has 0 aliphatic carbocycles. The van der Waals surface area contributed by atoms with Gasteiger partial charge in [0.2, 0.25) is 0 Å². The molecule has 2 aromatic rings. The molecule has 1 N–H and O–H groups in total. The zero-order valence-corrected chi connectivity index (χ0v) is 13.0. The normalized spacial score (nSPS) is 19.0. The van der Waals surface area contributed by atoms with E-state index in [0.717, 1.165) is 37.6 Å². The summed E-state index contributed by atoms with van der Waals surface area (Å²) in [7, 11) is 0. The topological polar surface area (TPSA) is 45.5 Å². The summed E-state index contributed by atoms with van der Waals surface area (Å²) in [5.74, 6) is 1.90. The SMILES string of the molecule is CCCN(CC1CCCNC1)c1cc(C)cc2ncnn12. The van der Waals surface area contributed by atoms with E-state index in [9.17, 15) is 0 Å². The summed E-state index contributed by atoms with van der Waals surface area (Å²) >= 11 is 0. The number of nitrogens with one attached hydrogen (secondary N) is 1. The fraction of sp³-hybridized carbons (Fsp3) is 0.625. The average Bonchev–Trinajstić information content (AvgIpc) is 2.95. The van der Waals surface area contributed by atoms with Crippen LogP contribution in [0.2, 0.25) is 0 Å². The van der Waals surface area contributed by atoms with Crippen molar-refractivity contribution in [3.05, 3.63) is 24.0 Å². The minimum Gasteiger partial charge on any atom is -0.356 e. The molecule has 5 nitrogen and oxygen atoms in total. The molecule has 1 unspecified atom stereocenters. The van der Waals surface area contributed by atoms with Crippen molar-refractivity contribution in [3.63, 3.8) is 0 Å². The van der Waals surface area contributed by atoms with Crippen LogP contribution in [0.4, 0.5) is 5.82 Å². The Labute approximate surface area is 126 Å². The van der Waals surface area contributed by atoms with E-state index in [-0.39, 0.29) is 0 Å². The largest absolute Gasteiger partial charge is 0.356 e. The first-order valence-corrected chi connectivity index (χ1v) is 8.04. The van der Waals surface area contributed by atoms with Crippen LogP contribution in [0.1, 0.15) is 31.7 Å². The number of rotatable bonds is 5. The molecule has 0 aromatic carbocycles. The van der Waals surface area contributed by atoms with Crippen LogP contribution in [0.15, 0.2) is 18.5 Å². The monoisotopic (exact) mass is 287 g/mol. The van der Waals surface area contributed by atoms with Gasteiger partial charge < -0.3 is 10.2 Å². The molecular formula is C16H25N5. The Morgan fingerprint density at radius 1 is 1.43 bits per heavy atom. The maximum atomic E-state index is 4.40. The highest BCUT2D eigenvalue weighted by molar-refractivity contribution is 5.53. The van der Waals surface area contributed by atoms with E-state index in [4.69, 9.17) is 0 Å². The standard InChI is InChI=1S/C16H25N5/c1-3-7-20(11-14-5-4-6-17-10-14)16-9-13(2)8-15-18-12-19-21(15)16/h8-9,12,14,17H,3-7,10-11H2,1-2H3. The number of aryl methyl sites for hydroxylation is 1. The Bertz CT molecular complexity index is 585. The van der Waals surface area contributed by atoms with E-state index in [1.807, 2.05) is 4.52 Å². The highest BCUT2D eigenvalue weighted by Crippen LogP contribution is 2.21. The second kappa shape index (κ2) is 6.43. The van der Waals surface area contributed by atoms with Crippen LogP contribution in [0, 0.1) is 12.8 Å². The number of fused-ring (bicyclic) bond motifs is 1. The number of nitrogens with zero attached hydrogens (tertiary/aromatic N) is 4. The van der Waals surface area contributed by atoms with Crippen molar-refractivity contribution in [2.45, 2.75) is 33.1 Å². The van der Waals surface area contributed by atoms with E-state index >= 15 is 0 Å². The van der Waals surface area contributed by atoms with Gasteiger partial charge in [-0.05, 0) is 62.9 Å². The lowest BCUT2D eigenvalue weighted by molar-refractivity contribution is 0.375. The van der Waals surface area contributed by atoms with Crippen LogP contribution in [0.25, 0.3) is 5.65 Å². The molecule has 2 aromatic heterocycles. The van der Waals surface area contributed by atoms with E-state index < -0.39 is 0 Å². The Morgan fingerprint density at radius 3 is 3.10 bits per heavy atom. The molecule has 0 amide bonds. The number of aromatic nitrogens is 3. The molecule has 3 heterocycles. The van der Waals surface area contributed by atoms with Crippen LogP contribution in [-0.2, 0) is 0 Å². The van der Waals surface area contributed by atoms with E-state index in [1.54, 1.807) is 6.33 Å². The molecular weight excluding hydrogens is 262 g/mol. The predicted molar refractivity (Wildman–Crippen MR) is 85.8 cm³/mol. The first-order valence-electron chi connectivity index (χ1n) is 8.04. The molecule has 0 radical (unpaired) electrons. The van der Waals surface area contributed by atoms with Gasteiger partial charge in [0.25, 0.3) is 0 Å². The molecule has 0 bridgehead atoms. The summed E-state index contributed by atoms with van der Waals surface area (Å²) in [6.45, 7) is 8.83. The van der Waals surface area contributed by atoms with Crippen molar-refractivity contribution in [1.82, 2.24) is 19.9 Å². The molecule has 1 aliphatic rings. The van der Waals surface area contributed by atoms with Gasteiger partial charge in [-0.15, -0.1) is 0 Å². The Kier molecular flexibility index (Phi) is 4.39. The van der Waals surface area contributed by atoms with Gasteiger partial charge in [-0.2, -0.15) is 9.61 Å². The molecule has 21 heavy (non-hydrogen) atoms. The van der Waals surface area contributed by atoms with Gasteiger partial charge in [0.05, 0.1) is 0 Å². The Balaban J connectivity index is 1.88. The Morgan fingerprint density at radius 2 is 2.33 bits per heavy atom. The summed E-state index contributed by atoms with van der Waals surface area (Å²) in [4.78, 5) is 6.82. The van der Waals surface area contributed by atoms with Crippen molar-refractivity contribution in [2.75, 3.05) is 31.1 Å². The van der Waals surface area contributed by atoms with Gasteiger partial charge in [-0.1, -0.05) is 6.92 Å². The maximum Gasteiger partial charge on any atom is 0.157 e. The van der Waals surface area contributed by atoms with Crippen molar-refractivity contribution >= 4 is 11.5 Å².